The Morgan fingerprint density at radius 1 is 1.24 bits per heavy atom. The Balaban J connectivity index is 1.64. The number of aliphatic imine (C=N–C) groups is 1. The first kappa shape index (κ1) is 17.1. The van der Waals surface area contributed by atoms with Gasteiger partial charge in [-0.3, -0.25) is 15.1 Å². The summed E-state index contributed by atoms with van der Waals surface area (Å²) < 4.78 is 5.71. The fourth-order valence-corrected chi connectivity index (χ4v) is 3.06. The maximum Gasteiger partial charge on any atom is 0.325 e. The van der Waals surface area contributed by atoms with E-state index in [-0.39, 0.29) is 5.91 Å². The highest BCUT2D eigenvalue weighted by Gasteiger charge is 2.49. The number of para-hydroxylation sites is 1. The molecule has 0 radical (unpaired) electrons. The molecule has 2 atom stereocenters. The Bertz CT molecular complexity index is 664. The molecule has 8 heteroatoms. The number of hydrogen-bond donors (Lipinski definition) is 2. The summed E-state index contributed by atoms with van der Waals surface area (Å²) in [5.74, 6) is 1.17. The van der Waals surface area contributed by atoms with E-state index in [1.54, 1.807) is 7.05 Å². The van der Waals surface area contributed by atoms with Gasteiger partial charge in [-0.2, -0.15) is 0 Å². The molecule has 2 unspecified atom stereocenters. The van der Waals surface area contributed by atoms with E-state index >= 15 is 0 Å². The maximum atomic E-state index is 12.3. The summed E-state index contributed by atoms with van der Waals surface area (Å²) in [7, 11) is 1.66. The van der Waals surface area contributed by atoms with Crippen molar-refractivity contribution >= 4 is 17.9 Å². The van der Waals surface area contributed by atoms with Gasteiger partial charge < -0.3 is 19.9 Å². The van der Waals surface area contributed by atoms with Gasteiger partial charge in [0.05, 0.1) is 6.61 Å². The summed E-state index contributed by atoms with van der Waals surface area (Å²) in [4.78, 5) is 32.0. The molecule has 3 rings (SSSR count). The van der Waals surface area contributed by atoms with E-state index < -0.39 is 18.2 Å². The zero-order valence-electron chi connectivity index (χ0n) is 14.4. The van der Waals surface area contributed by atoms with Gasteiger partial charge in [0.15, 0.2) is 12.0 Å². The zero-order valence-corrected chi connectivity index (χ0v) is 14.4. The molecule has 3 amide bonds. The number of amides is 3. The number of nitrogens with zero attached hydrogens (tertiary/aromatic N) is 3. The SMILES string of the molecule is CCN=C1NC2C(C(=O)NC(=O)N2C)N1CCCOc1ccccc1. The molecular weight excluding hydrogens is 322 g/mol. The third-order valence-corrected chi connectivity index (χ3v) is 4.28. The zero-order chi connectivity index (χ0) is 17.8. The fraction of sp³-hybridized carbons (Fsp3) is 0.471. The summed E-state index contributed by atoms with van der Waals surface area (Å²) in [5.41, 5.74) is 0. The second-order valence-electron chi connectivity index (χ2n) is 5.95. The van der Waals surface area contributed by atoms with Crippen molar-refractivity contribution in [2.45, 2.75) is 25.6 Å². The Hall–Kier alpha value is -2.77. The van der Waals surface area contributed by atoms with Crippen LogP contribution in [0.15, 0.2) is 35.3 Å². The third kappa shape index (κ3) is 3.52. The minimum absolute atomic E-state index is 0.300. The van der Waals surface area contributed by atoms with Gasteiger partial charge >= 0.3 is 6.03 Å². The number of rotatable bonds is 6. The lowest BCUT2D eigenvalue weighted by atomic mass is 10.1. The number of nitrogens with one attached hydrogen (secondary N) is 2. The van der Waals surface area contributed by atoms with Gasteiger partial charge in [-0.1, -0.05) is 18.2 Å². The summed E-state index contributed by atoms with van der Waals surface area (Å²) >= 11 is 0. The average molecular weight is 345 g/mol. The molecule has 134 valence electrons. The smallest absolute Gasteiger partial charge is 0.325 e. The Kier molecular flexibility index (Phi) is 5.06. The van der Waals surface area contributed by atoms with Crippen molar-refractivity contribution in [3.63, 3.8) is 0 Å². The van der Waals surface area contributed by atoms with Crippen molar-refractivity contribution in [1.29, 1.82) is 0 Å². The van der Waals surface area contributed by atoms with E-state index in [1.807, 2.05) is 42.2 Å². The molecule has 8 nitrogen and oxygen atoms in total. The van der Waals surface area contributed by atoms with Crippen molar-refractivity contribution in [2.24, 2.45) is 4.99 Å². The first-order valence-corrected chi connectivity index (χ1v) is 8.45. The van der Waals surface area contributed by atoms with Crippen molar-refractivity contribution in [3.05, 3.63) is 30.3 Å². The molecule has 2 fully saturated rings. The number of carbonyl (C=O) groups excluding carboxylic acids is 2. The standard InChI is InChI=1S/C17H23N5O3/c1-3-18-16-19-14-13(15(23)20-17(24)21(14)2)22(16)10-7-11-25-12-8-5-4-6-9-12/h4-6,8-9,13-14H,3,7,10-11H2,1-2H3,(H,18,19)(H,20,23,24). The van der Waals surface area contributed by atoms with Crippen molar-refractivity contribution < 1.29 is 14.3 Å². The van der Waals surface area contributed by atoms with Crippen LogP contribution in [0.5, 0.6) is 5.75 Å². The van der Waals surface area contributed by atoms with Crippen LogP contribution in [-0.4, -0.2) is 66.6 Å². The van der Waals surface area contributed by atoms with E-state index in [4.69, 9.17) is 4.74 Å². The first-order chi connectivity index (χ1) is 12.1. The fourth-order valence-electron chi connectivity index (χ4n) is 3.06. The number of benzene rings is 1. The molecule has 0 aliphatic carbocycles. The van der Waals surface area contributed by atoms with Crippen LogP contribution in [0, 0.1) is 0 Å². The lowest BCUT2D eigenvalue weighted by Gasteiger charge is -2.35. The quantitative estimate of drug-likeness (QED) is 0.738. The molecule has 1 aromatic rings. The molecule has 0 saturated carbocycles. The summed E-state index contributed by atoms with van der Waals surface area (Å²) in [6, 6.07) is 8.73. The Labute approximate surface area is 146 Å². The molecule has 1 aromatic carbocycles. The van der Waals surface area contributed by atoms with Gasteiger partial charge in [0.25, 0.3) is 5.91 Å². The predicted molar refractivity (Wildman–Crippen MR) is 93.2 cm³/mol. The van der Waals surface area contributed by atoms with Crippen LogP contribution in [0.2, 0.25) is 0 Å². The number of guanidine groups is 1. The summed E-state index contributed by atoms with van der Waals surface area (Å²) in [6.07, 6.45) is 0.328. The molecule has 2 aliphatic heterocycles. The van der Waals surface area contributed by atoms with Gasteiger partial charge in [0.1, 0.15) is 11.9 Å². The molecular formula is C17H23N5O3. The van der Waals surface area contributed by atoms with Crippen LogP contribution in [0.1, 0.15) is 13.3 Å². The monoisotopic (exact) mass is 345 g/mol. The van der Waals surface area contributed by atoms with Gasteiger partial charge in [0, 0.05) is 20.1 Å². The van der Waals surface area contributed by atoms with Crippen molar-refractivity contribution in [2.75, 3.05) is 26.7 Å². The summed E-state index contributed by atoms with van der Waals surface area (Å²) in [6.45, 7) is 3.67. The number of fused-ring (bicyclic) bond motifs is 1. The van der Waals surface area contributed by atoms with Crippen LogP contribution in [0.25, 0.3) is 0 Å². The van der Waals surface area contributed by atoms with Crippen molar-refractivity contribution in [3.8, 4) is 5.75 Å². The normalized spacial score (nSPS) is 24.2. The first-order valence-electron chi connectivity index (χ1n) is 8.45. The lowest BCUT2D eigenvalue weighted by molar-refractivity contribution is -0.127. The van der Waals surface area contributed by atoms with E-state index in [1.165, 1.54) is 4.90 Å². The molecule has 2 N–H and O–H groups in total. The highest BCUT2D eigenvalue weighted by atomic mass is 16.5. The van der Waals surface area contributed by atoms with Crippen LogP contribution in [-0.2, 0) is 4.79 Å². The number of urea groups is 1. The van der Waals surface area contributed by atoms with Gasteiger partial charge in [-0.25, -0.2) is 4.79 Å². The van der Waals surface area contributed by atoms with E-state index in [2.05, 4.69) is 15.6 Å². The second kappa shape index (κ2) is 7.42. The maximum absolute atomic E-state index is 12.3. The largest absolute Gasteiger partial charge is 0.494 e. The number of ether oxygens (including phenoxy) is 1. The van der Waals surface area contributed by atoms with Crippen LogP contribution < -0.4 is 15.4 Å². The van der Waals surface area contributed by atoms with Crippen molar-refractivity contribution in [1.82, 2.24) is 20.4 Å². The molecule has 2 aliphatic rings. The lowest BCUT2D eigenvalue weighted by Crippen LogP contribution is -2.64. The number of hydrogen-bond acceptors (Lipinski definition) is 4. The minimum Gasteiger partial charge on any atom is -0.494 e. The highest BCUT2D eigenvalue weighted by Crippen LogP contribution is 2.21. The highest BCUT2D eigenvalue weighted by molar-refractivity contribution is 6.04. The molecule has 2 heterocycles. The number of likely N-dealkylation sites (N-methyl/N-ethyl adjacent to an activating group) is 1. The predicted octanol–water partition coefficient (Wildman–Crippen LogP) is 0.613. The van der Waals surface area contributed by atoms with Crippen LogP contribution in [0.4, 0.5) is 4.79 Å². The van der Waals surface area contributed by atoms with Crippen LogP contribution in [0.3, 0.4) is 0 Å². The van der Waals surface area contributed by atoms with E-state index in [0.717, 1.165) is 12.2 Å². The Morgan fingerprint density at radius 2 is 2.00 bits per heavy atom. The molecule has 0 spiro atoms. The average Bonchev–Trinajstić information content (AvgIpc) is 2.97. The van der Waals surface area contributed by atoms with E-state index in [9.17, 15) is 9.59 Å². The molecule has 2 saturated heterocycles. The number of imide groups is 1. The minimum atomic E-state index is -0.482. The second-order valence-corrected chi connectivity index (χ2v) is 5.95. The van der Waals surface area contributed by atoms with Gasteiger partial charge in [-0.15, -0.1) is 0 Å². The van der Waals surface area contributed by atoms with Crippen LogP contribution >= 0.6 is 0 Å². The topological polar surface area (TPSA) is 86.3 Å². The third-order valence-electron chi connectivity index (χ3n) is 4.28. The number of carbonyl (C=O) groups is 2. The molecule has 25 heavy (non-hydrogen) atoms. The van der Waals surface area contributed by atoms with Gasteiger partial charge in [-0.05, 0) is 25.5 Å². The molecule has 0 aromatic heterocycles. The van der Waals surface area contributed by atoms with Gasteiger partial charge in [0.2, 0.25) is 0 Å². The molecule has 0 bridgehead atoms. The summed E-state index contributed by atoms with van der Waals surface area (Å²) in [5, 5.41) is 5.58. The van der Waals surface area contributed by atoms with E-state index in [0.29, 0.717) is 25.7 Å². The Morgan fingerprint density at radius 3 is 2.72 bits per heavy atom.